The predicted octanol–water partition coefficient (Wildman–Crippen LogP) is 2.96. The third-order valence-corrected chi connectivity index (χ3v) is 5.06. The number of carbonyl (C=O) groups is 1. The number of carbonyl (C=O) groups excluding carboxylic acids is 1. The van der Waals surface area contributed by atoms with Crippen LogP contribution in [0.4, 0.5) is 4.79 Å². The second-order valence-corrected chi connectivity index (χ2v) is 6.99. The van der Waals surface area contributed by atoms with Gasteiger partial charge in [-0.25, -0.2) is 4.79 Å². The fourth-order valence-electron chi connectivity index (χ4n) is 3.49. The number of rotatable bonds is 5. The predicted molar refractivity (Wildman–Crippen MR) is 95.4 cm³/mol. The molecule has 0 aromatic heterocycles. The summed E-state index contributed by atoms with van der Waals surface area (Å²) in [4.78, 5) is 14.7. The molecule has 1 aromatic rings. The Morgan fingerprint density at radius 1 is 1.29 bits per heavy atom. The van der Waals surface area contributed by atoms with Gasteiger partial charge < -0.3 is 15.4 Å². The molecule has 0 bridgehead atoms. The Bertz CT molecular complexity index is 543. The number of hydrogen-bond donors (Lipinski definition) is 2. The smallest absolute Gasteiger partial charge is 0.315 e. The molecule has 0 spiro atoms. The number of likely N-dealkylation sites (tertiary alicyclic amines) is 1. The SMILES string of the molecule is O=C(NCC(c1cccc(Cl)c1)N1CCCC1)NC1CCOCC1. The van der Waals surface area contributed by atoms with Gasteiger partial charge in [-0.15, -0.1) is 0 Å². The summed E-state index contributed by atoms with van der Waals surface area (Å²) in [6.45, 7) is 4.18. The van der Waals surface area contributed by atoms with Crippen LogP contribution in [0.25, 0.3) is 0 Å². The van der Waals surface area contributed by atoms with Crippen LogP contribution >= 0.6 is 11.6 Å². The zero-order valence-electron chi connectivity index (χ0n) is 14.0. The third-order valence-electron chi connectivity index (χ3n) is 4.83. The summed E-state index contributed by atoms with van der Waals surface area (Å²) in [5, 5.41) is 6.84. The van der Waals surface area contributed by atoms with E-state index in [9.17, 15) is 4.79 Å². The molecule has 1 atom stereocenters. The van der Waals surface area contributed by atoms with Crippen molar-refractivity contribution in [1.29, 1.82) is 0 Å². The summed E-state index contributed by atoms with van der Waals surface area (Å²) in [5.41, 5.74) is 1.16. The highest BCUT2D eigenvalue weighted by Gasteiger charge is 2.24. The van der Waals surface area contributed by atoms with E-state index in [1.165, 1.54) is 12.8 Å². The molecule has 2 aliphatic rings. The maximum absolute atomic E-state index is 12.2. The molecule has 132 valence electrons. The first-order chi connectivity index (χ1) is 11.7. The van der Waals surface area contributed by atoms with Crippen LogP contribution in [0.2, 0.25) is 5.02 Å². The summed E-state index contributed by atoms with van der Waals surface area (Å²) in [5.74, 6) is 0. The van der Waals surface area contributed by atoms with Crippen LogP contribution in [0.3, 0.4) is 0 Å². The Hall–Kier alpha value is -1.30. The molecule has 2 heterocycles. The minimum absolute atomic E-state index is 0.0897. The Balaban J connectivity index is 1.58. The lowest BCUT2D eigenvalue weighted by Gasteiger charge is -2.29. The lowest BCUT2D eigenvalue weighted by molar-refractivity contribution is 0.0800. The molecule has 0 saturated carbocycles. The molecular formula is C18H26ClN3O2. The average molecular weight is 352 g/mol. The highest BCUT2D eigenvalue weighted by atomic mass is 35.5. The topological polar surface area (TPSA) is 53.6 Å². The zero-order chi connectivity index (χ0) is 16.8. The van der Waals surface area contributed by atoms with Crippen LogP contribution in [0.15, 0.2) is 24.3 Å². The van der Waals surface area contributed by atoms with E-state index in [2.05, 4.69) is 21.6 Å². The van der Waals surface area contributed by atoms with Crippen molar-refractivity contribution in [2.24, 2.45) is 0 Å². The van der Waals surface area contributed by atoms with Crippen LogP contribution in [-0.4, -0.2) is 49.8 Å². The summed E-state index contributed by atoms with van der Waals surface area (Å²) in [6.07, 6.45) is 4.20. The first-order valence-electron chi connectivity index (χ1n) is 8.84. The lowest BCUT2D eigenvalue weighted by Crippen LogP contribution is -2.46. The van der Waals surface area contributed by atoms with E-state index in [1.54, 1.807) is 0 Å². The number of hydrogen-bond acceptors (Lipinski definition) is 3. The van der Waals surface area contributed by atoms with Gasteiger partial charge in [-0.1, -0.05) is 23.7 Å². The summed E-state index contributed by atoms with van der Waals surface area (Å²) in [6, 6.07) is 8.25. The largest absolute Gasteiger partial charge is 0.381 e. The van der Waals surface area contributed by atoms with Gasteiger partial charge in [0.15, 0.2) is 0 Å². The van der Waals surface area contributed by atoms with E-state index < -0.39 is 0 Å². The van der Waals surface area contributed by atoms with Crippen molar-refractivity contribution in [3.63, 3.8) is 0 Å². The Morgan fingerprint density at radius 2 is 2.04 bits per heavy atom. The number of nitrogens with zero attached hydrogens (tertiary/aromatic N) is 1. The molecule has 0 radical (unpaired) electrons. The lowest BCUT2D eigenvalue weighted by atomic mass is 10.1. The van der Waals surface area contributed by atoms with Gasteiger partial charge in [0.2, 0.25) is 0 Å². The molecule has 5 nitrogen and oxygen atoms in total. The normalized spacial score (nSPS) is 20.7. The highest BCUT2D eigenvalue weighted by molar-refractivity contribution is 6.30. The van der Waals surface area contributed by atoms with Crippen LogP contribution in [-0.2, 0) is 4.74 Å². The molecule has 6 heteroatoms. The second kappa shape index (κ2) is 8.70. The quantitative estimate of drug-likeness (QED) is 0.857. The van der Waals surface area contributed by atoms with E-state index >= 15 is 0 Å². The van der Waals surface area contributed by atoms with Gasteiger partial charge in [0.1, 0.15) is 0 Å². The molecular weight excluding hydrogens is 326 g/mol. The molecule has 2 saturated heterocycles. The highest BCUT2D eigenvalue weighted by Crippen LogP contribution is 2.26. The standard InChI is InChI=1S/C18H26ClN3O2/c19-15-5-3-4-14(12-15)17(22-8-1-2-9-22)13-20-18(23)21-16-6-10-24-11-7-16/h3-5,12,16-17H,1-2,6-11,13H2,(H2,20,21,23). The minimum atomic E-state index is -0.0897. The van der Waals surface area contributed by atoms with E-state index in [1.807, 2.05) is 18.2 Å². The molecule has 2 N–H and O–H groups in total. The van der Waals surface area contributed by atoms with Crippen molar-refractivity contribution in [2.75, 3.05) is 32.8 Å². The van der Waals surface area contributed by atoms with Crippen molar-refractivity contribution in [3.8, 4) is 0 Å². The average Bonchev–Trinajstić information content (AvgIpc) is 3.10. The second-order valence-electron chi connectivity index (χ2n) is 6.55. The Labute approximate surface area is 148 Å². The maximum Gasteiger partial charge on any atom is 0.315 e. The van der Waals surface area contributed by atoms with Crippen LogP contribution in [0.1, 0.15) is 37.3 Å². The molecule has 3 rings (SSSR count). The van der Waals surface area contributed by atoms with Crippen molar-refractivity contribution < 1.29 is 9.53 Å². The Kier molecular flexibility index (Phi) is 6.35. The summed E-state index contributed by atoms with van der Waals surface area (Å²) >= 11 is 6.16. The van der Waals surface area contributed by atoms with Crippen LogP contribution in [0, 0.1) is 0 Å². The number of halogens is 1. The van der Waals surface area contributed by atoms with Crippen molar-refractivity contribution >= 4 is 17.6 Å². The fraction of sp³-hybridized carbons (Fsp3) is 0.611. The van der Waals surface area contributed by atoms with Crippen molar-refractivity contribution in [3.05, 3.63) is 34.9 Å². The number of nitrogens with one attached hydrogen (secondary N) is 2. The van der Waals surface area contributed by atoms with Gasteiger partial charge in [-0.05, 0) is 56.5 Å². The van der Waals surface area contributed by atoms with Gasteiger partial charge in [0.05, 0.1) is 6.04 Å². The van der Waals surface area contributed by atoms with Crippen molar-refractivity contribution in [2.45, 2.75) is 37.8 Å². The fourth-order valence-corrected chi connectivity index (χ4v) is 3.69. The number of amides is 2. The van der Waals surface area contributed by atoms with Gasteiger partial charge in [0, 0.05) is 30.8 Å². The van der Waals surface area contributed by atoms with E-state index in [4.69, 9.17) is 16.3 Å². The molecule has 1 unspecified atom stereocenters. The van der Waals surface area contributed by atoms with Gasteiger partial charge in [-0.3, -0.25) is 4.90 Å². The molecule has 24 heavy (non-hydrogen) atoms. The summed E-state index contributed by atoms with van der Waals surface area (Å²) in [7, 11) is 0. The van der Waals surface area contributed by atoms with E-state index in [0.717, 1.165) is 49.7 Å². The van der Waals surface area contributed by atoms with Gasteiger partial charge >= 0.3 is 6.03 Å². The first-order valence-corrected chi connectivity index (χ1v) is 9.22. The van der Waals surface area contributed by atoms with Crippen LogP contribution < -0.4 is 10.6 Å². The number of benzene rings is 1. The zero-order valence-corrected chi connectivity index (χ0v) is 14.7. The van der Waals surface area contributed by atoms with Gasteiger partial charge in [-0.2, -0.15) is 0 Å². The minimum Gasteiger partial charge on any atom is -0.381 e. The number of ether oxygens (including phenoxy) is 1. The van der Waals surface area contributed by atoms with E-state index in [-0.39, 0.29) is 18.1 Å². The van der Waals surface area contributed by atoms with Crippen molar-refractivity contribution in [1.82, 2.24) is 15.5 Å². The Morgan fingerprint density at radius 3 is 2.75 bits per heavy atom. The molecule has 2 amide bonds. The third kappa shape index (κ3) is 4.85. The van der Waals surface area contributed by atoms with Gasteiger partial charge in [0.25, 0.3) is 0 Å². The summed E-state index contributed by atoms with van der Waals surface area (Å²) < 4.78 is 5.33. The number of urea groups is 1. The molecule has 1 aromatic carbocycles. The molecule has 2 aliphatic heterocycles. The maximum atomic E-state index is 12.2. The molecule has 2 fully saturated rings. The van der Waals surface area contributed by atoms with E-state index in [0.29, 0.717) is 6.54 Å². The molecule has 0 aliphatic carbocycles. The van der Waals surface area contributed by atoms with Crippen LogP contribution in [0.5, 0.6) is 0 Å². The monoisotopic (exact) mass is 351 g/mol. The first kappa shape index (κ1) is 17.5.